The van der Waals surface area contributed by atoms with Crippen molar-refractivity contribution in [3.8, 4) is 12.3 Å². The van der Waals surface area contributed by atoms with E-state index in [0.717, 1.165) is 18.5 Å². The summed E-state index contributed by atoms with van der Waals surface area (Å²) >= 11 is 0. The number of hydrogen-bond acceptors (Lipinski definition) is 2. The molecule has 1 rings (SSSR count). The molecule has 0 aliphatic rings. The normalized spacial score (nSPS) is 14.8. The average molecular weight is 246 g/mol. The molecule has 0 aliphatic heterocycles. The molecular formula is C13H18N4O. The maximum Gasteiger partial charge on any atom is 0.148 e. The van der Waals surface area contributed by atoms with E-state index < -0.39 is 5.60 Å². The van der Waals surface area contributed by atoms with Gasteiger partial charge in [-0.05, 0) is 31.9 Å². The number of aliphatic imine (C=N–C) groups is 1. The number of methoxy groups -OCH3 is 1. The van der Waals surface area contributed by atoms with E-state index in [1.807, 2.05) is 19.1 Å². The smallest absolute Gasteiger partial charge is 0.148 e. The lowest BCUT2D eigenvalue weighted by molar-refractivity contribution is 0.0502. The molecule has 1 atom stereocenters. The van der Waals surface area contributed by atoms with Crippen LogP contribution < -0.4 is 5.73 Å². The highest BCUT2D eigenvalue weighted by molar-refractivity contribution is 5.99. The Balaban J connectivity index is 2.69. The standard InChI is InChI=1S/C13H18N4O/c1-4-13(2,18-3)8-7-10-5-6-11(17-10)12(15)16-9-14/h1,5-6,9,17H,7-8H2,2-3H3,(H3,14,15,16). The van der Waals surface area contributed by atoms with Gasteiger partial charge in [0.2, 0.25) is 0 Å². The van der Waals surface area contributed by atoms with Gasteiger partial charge in [0.05, 0.1) is 5.69 Å². The summed E-state index contributed by atoms with van der Waals surface area (Å²) in [6.45, 7) is 1.88. The molecule has 1 aromatic rings. The first-order valence-electron chi connectivity index (χ1n) is 5.58. The SMILES string of the molecule is C#CC(C)(CCc1ccc(C(N)=NC=N)[nH]1)OC. The van der Waals surface area contributed by atoms with Crippen molar-refractivity contribution < 1.29 is 4.74 Å². The van der Waals surface area contributed by atoms with E-state index in [1.54, 1.807) is 7.11 Å². The molecule has 18 heavy (non-hydrogen) atoms. The summed E-state index contributed by atoms with van der Waals surface area (Å²) in [5.41, 5.74) is 6.82. The number of H-pyrrole nitrogens is 1. The van der Waals surface area contributed by atoms with Gasteiger partial charge in [0, 0.05) is 12.8 Å². The minimum atomic E-state index is -0.556. The van der Waals surface area contributed by atoms with Crippen molar-refractivity contribution in [2.75, 3.05) is 7.11 Å². The number of ether oxygens (including phenoxy) is 1. The molecule has 96 valence electrons. The van der Waals surface area contributed by atoms with Gasteiger partial charge in [-0.2, -0.15) is 0 Å². The van der Waals surface area contributed by atoms with Gasteiger partial charge < -0.3 is 15.5 Å². The number of aromatic amines is 1. The van der Waals surface area contributed by atoms with Crippen molar-refractivity contribution in [2.45, 2.75) is 25.4 Å². The van der Waals surface area contributed by atoms with Crippen LogP contribution in [0.2, 0.25) is 0 Å². The Bertz CT molecular complexity index is 483. The Morgan fingerprint density at radius 3 is 3.00 bits per heavy atom. The number of nitrogens with one attached hydrogen (secondary N) is 2. The van der Waals surface area contributed by atoms with Crippen molar-refractivity contribution >= 4 is 12.2 Å². The molecule has 5 nitrogen and oxygen atoms in total. The van der Waals surface area contributed by atoms with Crippen molar-refractivity contribution in [1.82, 2.24) is 4.98 Å². The van der Waals surface area contributed by atoms with Crippen LogP contribution in [0.1, 0.15) is 24.7 Å². The quantitative estimate of drug-likeness (QED) is 0.401. The highest BCUT2D eigenvalue weighted by Gasteiger charge is 2.20. The topological polar surface area (TPSA) is 87.2 Å². The van der Waals surface area contributed by atoms with E-state index in [1.165, 1.54) is 0 Å². The molecule has 1 heterocycles. The van der Waals surface area contributed by atoms with Gasteiger partial charge in [0.15, 0.2) is 0 Å². The molecule has 1 aromatic heterocycles. The van der Waals surface area contributed by atoms with E-state index in [2.05, 4.69) is 15.9 Å². The van der Waals surface area contributed by atoms with Crippen LogP contribution in [0.4, 0.5) is 0 Å². The predicted octanol–water partition coefficient (Wildman–Crippen LogP) is 1.30. The Morgan fingerprint density at radius 2 is 2.44 bits per heavy atom. The highest BCUT2D eigenvalue weighted by atomic mass is 16.5. The zero-order valence-electron chi connectivity index (χ0n) is 10.7. The molecule has 1 unspecified atom stereocenters. The van der Waals surface area contributed by atoms with E-state index in [0.29, 0.717) is 18.0 Å². The van der Waals surface area contributed by atoms with E-state index >= 15 is 0 Å². The number of nitrogens with two attached hydrogens (primary N) is 1. The maximum absolute atomic E-state index is 6.86. The Hall–Kier alpha value is -2.06. The third-order valence-electron chi connectivity index (χ3n) is 2.85. The third kappa shape index (κ3) is 3.47. The summed E-state index contributed by atoms with van der Waals surface area (Å²) in [5, 5.41) is 6.86. The van der Waals surface area contributed by atoms with E-state index in [4.69, 9.17) is 22.3 Å². The molecule has 0 saturated heterocycles. The molecule has 0 aliphatic carbocycles. The Kier molecular flexibility index (Phi) is 4.69. The van der Waals surface area contributed by atoms with Crippen molar-refractivity contribution in [3.05, 3.63) is 23.5 Å². The second kappa shape index (κ2) is 6.03. The molecule has 0 radical (unpaired) electrons. The van der Waals surface area contributed by atoms with Crippen LogP contribution in [0.15, 0.2) is 17.1 Å². The minimum absolute atomic E-state index is 0.294. The monoisotopic (exact) mass is 246 g/mol. The van der Waals surface area contributed by atoms with Crippen LogP contribution in [-0.2, 0) is 11.2 Å². The van der Waals surface area contributed by atoms with Crippen LogP contribution >= 0.6 is 0 Å². The maximum atomic E-state index is 6.86. The fourth-order valence-corrected chi connectivity index (χ4v) is 1.48. The number of amidine groups is 1. The zero-order valence-corrected chi connectivity index (χ0v) is 10.7. The molecule has 0 fully saturated rings. The van der Waals surface area contributed by atoms with Gasteiger partial charge in [-0.25, -0.2) is 4.99 Å². The first kappa shape index (κ1) is 14.0. The number of aryl methyl sites for hydroxylation is 1. The van der Waals surface area contributed by atoms with Crippen LogP contribution in [0.3, 0.4) is 0 Å². The van der Waals surface area contributed by atoms with E-state index in [9.17, 15) is 0 Å². The zero-order chi connectivity index (χ0) is 13.6. The lowest BCUT2D eigenvalue weighted by atomic mass is 10.00. The molecule has 0 amide bonds. The van der Waals surface area contributed by atoms with Crippen LogP contribution in [0, 0.1) is 17.8 Å². The fraction of sp³-hybridized carbons (Fsp3) is 0.385. The number of hydrogen-bond donors (Lipinski definition) is 3. The summed E-state index contributed by atoms with van der Waals surface area (Å²) in [4.78, 5) is 6.83. The van der Waals surface area contributed by atoms with Gasteiger partial charge in [-0.1, -0.05) is 5.92 Å². The highest BCUT2D eigenvalue weighted by Crippen LogP contribution is 2.16. The number of terminal acetylenes is 1. The van der Waals surface area contributed by atoms with Gasteiger partial charge in [0.25, 0.3) is 0 Å². The fourth-order valence-electron chi connectivity index (χ4n) is 1.48. The molecule has 0 saturated carbocycles. The summed E-state index contributed by atoms with van der Waals surface area (Å²) < 4.78 is 5.27. The second-order valence-corrected chi connectivity index (χ2v) is 4.12. The van der Waals surface area contributed by atoms with Gasteiger partial charge in [0.1, 0.15) is 17.8 Å². The molecule has 4 N–H and O–H groups in total. The Morgan fingerprint density at radius 1 is 1.72 bits per heavy atom. The van der Waals surface area contributed by atoms with Crippen molar-refractivity contribution in [3.63, 3.8) is 0 Å². The summed E-state index contributed by atoms with van der Waals surface area (Å²) in [7, 11) is 1.61. The lowest BCUT2D eigenvalue weighted by Crippen LogP contribution is -2.25. The third-order valence-corrected chi connectivity index (χ3v) is 2.85. The van der Waals surface area contributed by atoms with Gasteiger partial charge in [-0.15, -0.1) is 6.42 Å². The van der Waals surface area contributed by atoms with Gasteiger partial charge in [-0.3, -0.25) is 5.41 Å². The molecule has 0 aromatic carbocycles. The van der Waals surface area contributed by atoms with Crippen LogP contribution in [0.5, 0.6) is 0 Å². The molecular weight excluding hydrogens is 228 g/mol. The minimum Gasteiger partial charge on any atom is -0.382 e. The number of rotatable bonds is 6. The first-order valence-corrected chi connectivity index (χ1v) is 5.58. The van der Waals surface area contributed by atoms with Gasteiger partial charge >= 0.3 is 0 Å². The molecule has 0 spiro atoms. The van der Waals surface area contributed by atoms with E-state index in [-0.39, 0.29) is 0 Å². The molecule has 0 bridgehead atoms. The van der Waals surface area contributed by atoms with Crippen molar-refractivity contribution in [1.29, 1.82) is 5.41 Å². The predicted molar refractivity (Wildman–Crippen MR) is 72.9 cm³/mol. The lowest BCUT2D eigenvalue weighted by Gasteiger charge is -2.21. The van der Waals surface area contributed by atoms with Crippen LogP contribution in [0.25, 0.3) is 0 Å². The Labute approximate surface area is 107 Å². The summed E-state index contributed by atoms with van der Waals surface area (Å²) in [6.07, 6.45) is 7.80. The number of nitrogens with zero attached hydrogens (tertiary/aromatic N) is 1. The molecule has 5 heteroatoms. The summed E-state index contributed by atoms with van der Waals surface area (Å²) in [6, 6.07) is 3.76. The summed E-state index contributed by atoms with van der Waals surface area (Å²) in [5.74, 6) is 2.93. The first-order chi connectivity index (χ1) is 8.54. The largest absolute Gasteiger partial charge is 0.382 e. The number of aromatic nitrogens is 1. The van der Waals surface area contributed by atoms with Crippen LogP contribution in [-0.4, -0.2) is 29.9 Å². The second-order valence-electron chi connectivity index (χ2n) is 4.12. The average Bonchev–Trinajstić information content (AvgIpc) is 2.85. The van der Waals surface area contributed by atoms with Crippen molar-refractivity contribution in [2.24, 2.45) is 10.7 Å².